The molecule has 0 bridgehead atoms. The minimum atomic E-state index is -0.124. The summed E-state index contributed by atoms with van der Waals surface area (Å²) in [5, 5.41) is 2.94. The Morgan fingerprint density at radius 1 is 1.00 bits per heavy atom. The summed E-state index contributed by atoms with van der Waals surface area (Å²) in [7, 11) is 1.62. The molecular formula is C24H33NO4. The van der Waals surface area contributed by atoms with Crippen molar-refractivity contribution in [2.75, 3.05) is 20.3 Å². The van der Waals surface area contributed by atoms with Crippen molar-refractivity contribution in [1.29, 1.82) is 0 Å². The standard InChI is InChI=1S/C24H33NO4/c1-5-6-14-28-21-10-8-20(9-11-21)24(26)25-17-19-7-12-22(23(16-19)27-4)29-15-13-18(2)3/h7-12,16,18H,5-6,13-15,17H2,1-4H3,(H,25,26). The summed E-state index contributed by atoms with van der Waals surface area (Å²) in [6.07, 6.45) is 3.10. The van der Waals surface area contributed by atoms with Crippen molar-refractivity contribution in [3.63, 3.8) is 0 Å². The SMILES string of the molecule is CCCCOc1ccc(C(=O)NCc2ccc(OCCC(C)C)c(OC)c2)cc1. The van der Waals surface area contributed by atoms with Gasteiger partial charge in [-0.1, -0.05) is 33.3 Å². The summed E-state index contributed by atoms with van der Waals surface area (Å²) in [5.41, 5.74) is 1.55. The Kier molecular flexibility index (Phi) is 9.35. The Balaban J connectivity index is 1.89. The molecule has 0 aliphatic rings. The third kappa shape index (κ3) is 7.68. The van der Waals surface area contributed by atoms with Crippen LogP contribution in [0.5, 0.6) is 17.2 Å². The van der Waals surface area contributed by atoms with Crippen LogP contribution in [-0.2, 0) is 6.54 Å². The van der Waals surface area contributed by atoms with E-state index in [4.69, 9.17) is 14.2 Å². The van der Waals surface area contributed by atoms with E-state index in [1.165, 1.54) is 0 Å². The zero-order valence-electron chi connectivity index (χ0n) is 18.0. The number of hydrogen-bond acceptors (Lipinski definition) is 4. The van der Waals surface area contributed by atoms with Crippen LogP contribution in [0.25, 0.3) is 0 Å². The maximum absolute atomic E-state index is 12.4. The molecule has 2 aromatic carbocycles. The molecule has 1 N–H and O–H groups in total. The molecule has 0 unspecified atom stereocenters. The Morgan fingerprint density at radius 3 is 2.41 bits per heavy atom. The van der Waals surface area contributed by atoms with Crippen molar-refractivity contribution in [2.45, 2.75) is 46.6 Å². The van der Waals surface area contributed by atoms with Crippen molar-refractivity contribution in [1.82, 2.24) is 5.32 Å². The van der Waals surface area contributed by atoms with E-state index < -0.39 is 0 Å². The van der Waals surface area contributed by atoms with Gasteiger partial charge in [0, 0.05) is 12.1 Å². The summed E-state index contributed by atoms with van der Waals surface area (Å²) in [4.78, 5) is 12.4. The predicted octanol–water partition coefficient (Wildman–Crippen LogP) is 5.23. The average molecular weight is 400 g/mol. The first-order valence-electron chi connectivity index (χ1n) is 10.3. The lowest BCUT2D eigenvalue weighted by atomic mass is 10.1. The number of nitrogens with one attached hydrogen (secondary N) is 1. The molecule has 5 heteroatoms. The Bertz CT molecular complexity index is 756. The van der Waals surface area contributed by atoms with E-state index in [-0.39, 0.29) is 5.91 Å². The van der Waals surface area contributed by atoms with Crippen LogP contribution in [0.15, 0.2) is 42.5 Å². The summed E-state index contributed by atoms with van der Waals surface area (Å²) >= 11 is 0. The maximum Gasteiger partial charge on any atom is 0.251 e. The lowest BCUT2D eigenvalue weighted by Crippen LogP contribution is -2.22. The second-order valence-electron chi connectivity index (χ2n) is 7.43. The van der Waals surface area contributed by atoms with Crippen LogP contribution in [-0.4, -0.2) is 26.2 Å². The van der Waals surface area contributed by atoms with Crippen molar-refractivity contribution in [3.05, 3.63) is 53.6 Å². The molecule has 0 aliphatic heterocycles. The fourth-order valence-electron chi connectivity index (χ4n) is 2.67. The molecule has 0 saturated heterocycles. The van der Waals surface area contributed by atoms with Crippen LogP contribution in [0.4, 0.5) is 0 Å². The lowest BCUT2D eigenvalue weighted by Gasteiger charge is -2.13. The zero-order valence-corrected chi connectivity index (χ0v) is 18.0. The van der Waals surface area contributed by atoms with Gasteiger partial charge in [-0.05, 0) is 60.7 Å². The van der Waals surface area contributed by atoms with Gasteiger partial charge in [-0.15, -0.1) is 0 Å². The molecule has 0 atom stereocenters. The van der Waals surface area contributed by atoms with Crippen molar-refractivity contribution in [2.24, 2.45) is 5.92 Å². The average Bonchev–Trinajstić information content (AvgIpc) is 2.73. The quantitative estimate of drug-likeness (QED) is 0.497. The molecule has 158 valence electrons. The van der Waals surface area contributed by atoms with E-state index in [1.807, 2.05) is 30.3 Å². The zero-order chi connectivity index (χ0) is 21.1. The second-order valence-corrected chi connectivity index (χ2v) is 7.43. The fraction of sp³-hybridized carbons (Fsp3) is 0.458. The van der Waals surface area contributed by atoms with Crippen LogP contribution in [0.2, 0.25) is 0 Å². The Labute approximate surface area is 174 Å². The minimum absolute atomic E-state index is 0.124. The highest BCUT2D eigenvalue weighted by Gasteiger charge is 2.09. The number of ether oxygens (including phenoxy) is 3. The lowest BCUT2D eigenvalue weighted by molar-refractivity contribution is 0.0951. The Morgan fingerprint density at radius 2 is 1.76 bits per heavy atom. The highest BCUT2D eigenvalue weighted by molar-refractivity contribution is 5.94. The number of amides is 1. The first-order valence-corrected chi connectivity index (χ1v) is 10.3. The third-order valence-electron chi connectivity index (χ3n) is 4.52. The molecule has 0 heterocycles. The van der Waals surface area contributed by atoms with Gasteiger partial charge in [-0.25, -0.2) is 0 Å². The second kappa shape index (κ2) is 12.0. The van der Waals surface area contributed by atoms with E-state index in [9.17, 15) is 4.79 Å². The molecule has 0 radical (unpaired) electrons. The highest BCUT2D eigenvalue weighted by Crippen LogP contribution is 2.28. The number of rotatable bonds is 12. The van der Waals surface area contributed by atoms with Gasteiger partial charge in [0.25, 0.3) is 5.91 Å². The van der Waals surface area contributed by atoms with Gasteiger partial charge in [0.2, 0.25) is 0 Å². The predicted molar refractivity (Wildman–Crippen MR) is 116 cm³/mol. The number of hydrogen-bond donors (Lipinski definition) is 1. The highest BCUT2D eigenvalue weighted by atomic mass is 16.5. The molecule has 0 fully saturated rings. The van der Waals surface area contributed by atoms with Crippen LogP contribution < -0.4 is 19.5 Å². The van der Waals surface area contributed by atoms with Gasteiger partial charge in [0.15, 0.2) is 11.5 Å². The fourth-order valence-corrected chi connectivity index (χ4v) is 2.67. The number of carbonyl (C=O) groups is 1. The number of carbonyl (C=O) groups excluding carboxylic acids is 1. The largest absolute Gasteiger partial charge is 0.494 e. The van der Waals surface area contributed by atoms with Crippen LogP contribution in [0, 0.1) is 5.92 Å². The first-order chi connectivity index (χ1) is 14.0. The van der Waals surface area contributed by atoms with Gasteiger partial charge < -0.3 is 19.5 Å². The van der Waals surface area contributed by atoms with E-state index in [2.05, 4.69) is 26.1 Å². The van der Waals surface area contributed by atoms with E-state index in [0.29, 0.717) is 37.0 Å². The minimum Gasteiger partial charge on any atom is -0.494 e. The number of unbranched alkanes of at least 4 members (excludes halogenated alkanes) is 1. The van der Waals surface area contributed by atoms with Gasteiger partial charge in [0.1, 0.15) is 5.75 Å². The smallest absolute Gasteiger partial charge is 0.251 e. The van der Waals surface area contributed by atoms with Crippen LogP contribution >= 0.6 is 0 Å². The van der Waals surface area contributed by atoms with Gasteiger partial charge >= 0.3 is 0 Å². The van der Waals surface area contributed by atoms with Crippen LogP contribution in [0.1, 0.15) is 56.0 Å². The number of methoxy groups -OCH3 is 1. The molecule has 2 aromatic rings. The summed E-state index contributed by atoms with van der Waals surface area (Å²) < 4.78 is 16.9. The normalized spacial score (nSPS) is 10.7. The maximum atomic E-state index is 12.4. The van der Waals surface area contributed by atoms with E-state index in [1.54, 1.807) is 19.2 Å². The van der Waals surface area contributed by atoms with Crippen molar-refractivity contribution in [3.8, 4) is 17.2 Å². The van der Waals surface area contributed by atoms with Crippen LogP contribution in [0.3, 0.4) is 0 Å². The molecule has 0 aliphatic carbocycles. The molecule has 0 spiro atoms. The van der Waals surface area contributed by atoms with Crippen molar-refractivity contribution >= 4 is 5.91 Å². The van der Waals surface area contributed by atoms with Gasteiger partial charge in [0.05, 0.1) is 20.3 Å². The van der Waals surface area contributed by atoms with E-state index >= 15 is 0 Å². The monoisotopic (exact) mass is 399 g/mol. The summed E-state index contributed by atoms with van der Waals surface area (Å²) in [6, 6.07) is 13.0. The summed E-state index contributed by atoms with van der Waals surface area (Å²) in [6.45, 7) is 8.22. The Hall–Kier alpha value is -2.69. The summed E-state index contributed by atoms with van der Waals surface area (Å²) in [5.74, 6) is 2.65. The molecule has 5 nitrogen and oxygen atoms in total. The van der Waals surface area contributed by atoms with Crippen molar-refractivity contribution < 1.29 is 19.0 Å². The van der Waals surface area contributed by atoms with E-state index in [0.717, 1.165) is 36.3 Å². The topological polar surface area (TPSA) is 56.8 Å². The molecule has 2 rings (SSSR count). The molecular weight excluding hydrogens is 366 g/mol. The molecule has 1 amide bonds. The van der Waals surface area contributed by atoms with Gasteiger partial charge in [-0.3, -0.25) is 4.79 Å². The molecule has 0 saturated carbocycles. The number of benzene rings is 2. The first kappa shape index (κ1) is 22.6. The third-order valence-corrected chi connectivity index (χ3v) is 4.52. The van der Waals surface area contributed by atoms with Gasteiger partial charge in [-0.2, -0.15) is 0 Å². The molecule has 0 aromatic heterocycles. The molecule has 29 heavy (non-hydrogen) atoms.